The van der Waals surface area contributed by atoms with Crippen molar-refractivity contribution < 1.29 is 14.6 Å². The molecular formula is C18H23Cl2N3O3. The fourth-order valence-electron chi connectivity index (χ4n) is 4.38. The molecule has 3 heterocycles. The fraction of sp³-hybridized carbons (Fsp3) is 0.611. The highest BCUT2D eigenvalue weighted by Gasteiger charge is 2.42. The van der Waals surface area contributed by atoms with Gasteiger partial charge in [-0.2, -0.15) is 0 Å². The minimum Gasteiger partial charge on any atom is -0.508 e. The Morgan fingerprint density at radius 3 is 2.92 bits per heavy atom. The number of morpholine rings is 1. The van der Waals surface area contributed by atoms with Crippen LogP contribution in [0.4, 0.5) is 0 Å². The summed E-state index contributed by atoms with van der Waals surface area (Å²) in [6, 6.07) is 3.58. The van der Waals surface area contributed by atoms with Gasteiger partial charge >= 0.3 is 0 Å². The highest BCUT2D eigenvalue weighted by molar-refractivity contribution is 6.42. The summed E-state index contributed by atoms with van der Waals surface area (Å²) in [6.45, 7) is 4.94. The molecule has 3 saturated heterocycles. The molecule has 0 aliphatic carbocycles. The maximum atomic E-state index is 12.7. The number of rotatable bonds is 3. The van der Waals surface area contributed by atoms with Crippen molar-refractivity contribution in [2.45, 2.75) is 24.4 Å². The zero-order valence-corrected chi connectivity index (χ0v) is 16.0. The van der Waals surface area contributed by atoms with E-state index in [0.717, 1.165) is 32.7 Å². The van der Waals surface area contributed by atoms with Crippen LogP contribution in [0, 0.1) is 0 Å². The monoisotopic (exact) mass is 399 g/mol. The van der Waals surface area contributed by atoms with Gasteiger partial charge in [0.1, 0.15) is 5.75 Å². The van der Waals surface area contributed by atoms with E-state index in [0.29, 0.717) is 35.3 Å². The summed E-state index contributed by atoms with van der Waals surface area (Å²) >= 11 is 12.5. The first kappa shape index (κ1) is 18.3. The number of nitrogens with one attached hydrogen (secondary N) is 1. The number of hydrogen-bond donors (Lipinski definition) is 2. The Labute approximate surface area is 163 Å². The first-order valence-corrected chi connectivity index (χ1v) is 9.78. The number of carbonyl (C=O) groups is 1. The maximum absolute atomic E-state index is 12.7. The number of fused-ring (bicyclic) bond motifs is 1. The third-order valence-corrected chi connectivity index (χ3v) is 6.38. The van der Waals surface area contributed by atoms with Crippen molar-refractivity contribution in [2.24, 2.45) is 0 Å². The van der Waals surface area contributed by atoms with Crippen LogP contribution >= 0.6 is 23.2 Å². The van der Waals surface area contributed by atoms with Gasteiger partial charge in [-0.05, 0) is 18.6 Å². The quantitative estimate of drug-likeness (QED) is 0.809. The Balaban J connectivity index is 1.46. The number of aromatic hydroxyl groups is 1. The van der Waals surface area contributed by atoms with E-state index >= 15 is 0 Å². The molecular weight excluding hydrogens is 377 g/mol. The molecule has 0 bridgehead atoms. The predicted molar refractivity (Wildman–Crippen MR) is 100 cm³/mol. The summed E-state index contributed by atoms with van der Waals surface area (Å²) in [5, 5.41) is 14.5. The lowest BCUT2D eigenvalue weighted by Crippen LogP contribution is -2.57. The SMILES string of the molecule is O=C1CN(C[C@@H]2COCCN2)C[C@@H]2C[C@H](c3c(O)ccc(Cl)c3Cl)CN12. The van der Waals surface area contributed by atoms with Crippen molar-refractivity contribution in [3.63, 3.8) is 0 Å². The number of amides is 1. The van der Waals surface area contributed by atoms with Crippen LogP contribution in [0.15, 0.2) is 12.1 Å². The molecule has 3 fully saturated rings. The van der Waals surface area contributed by atoms with Crippen LogP contribution in [0.25, 0.3) is 0 Å². The number of piperazine rings is 1. The van der Waals surface area contributed by atoms with Gasteiger partial charge in [-0.1, -0.05) is 23.2 Å². The van der Waals surface area contributed by atoms with Crippen molar-refractivity contribution in [1.29, 1.82) is 0 Å². The van der Waals surface area contributed by atoms with Crippen LogP contribution in [0.1, 0.15) is 17.9 Å². The van der Waals surface area contributed by atoms with E-state index in [1.807, 2.05) is 4.90 Å². The number of phenolic OH excluding ortho intramolecular Hbond substituents is 1. The molecule has 26 heavy (non-hydrogen) atoms. The Kier molecular flexibility index (Phi) is 5.30. The zero-order valence-electron chi connectivity index (χ0n) is 14.5. The molecule has 6 nitrogen and oxygen atoms in total. The average Bonchev–Trinajstić information content (AvgIpc) is 3.04. The third-order valence-electron chi connectivity index (χ3n) is 5.56. The van der Waals surface area contributed by atoms with Crippen molar-refractivity contribution in [1.82, 2.24) is 15.1 Å². The number of halogens is 2. The van der Waals surface area contributed by atoms with Crippen LogP contribution in [-0.4, -0.2) is 78.8 Å². The van der Waals surface area contributed by atoms with Gasteiger partial charge in [-0.15, -0.1) is 0 Å². The number of nitrogens with zero attached hydrogens (tertiary/aromatic N) is 2. The minimum absolute atomic E-state index is 0.00578. The van der Waals surface area contributed by atoms with Crippen molar-refractivity contribution in [3.05, 3.63) is 27.7 Å². The first-order chi connectivity index (χ1) is 12.5. The zero-order chi connectivity index (χ0) is 18.3. The largest absolute Gasteiger partial charge is 0.508 e. The molecule has 0 spiro atoms. The number of hydrogen-bond acceptors (Lipinski definition) is 5. The van der Waals surface area contributed by atoms with Gasteiger partial charge in [-0.25, -0.2) is 0 Å². The van der Waals surface area contributed by atoms with Crippen molar-refractivity contribution in [2.75, 3.05) is 45.9 Å². The minimum atomic E-state index is 0.00578. The molecule has 8 heteroatoms. The second-order valence-electron chi connectivity index (χ2n) is 7.35. The number of phenols is 1. The van der Waals surface area contributed by atoms with E-state index in [2.05, 4.69) is 10.2 Å². The number of ether oxygens (including phenoxy) is 1. The third kappa shape index (κ3) is 3.53. The lowest BCUT2D eigenvalue weighted by Gasteiger charge is -2.39. The highest BCUT2D eigenvalue weighted by Crippen LogP contribution is 2.43. The van der Waals surface area contributed by atoms with Crippen LogP contribution in [-0.2, 0) is 9.53 Å². The lowest BCUT2D eigenvalue weighted by molar-refractivity contribution is -0.138. The number of carbonyl (C=O) groups excluding carboxylic acids is 1. The van der Waals surface area contributed by atoms with E-state index in [9.17, 15) is 9.90 Å². The maximum Gasteiger partial charge on any atom is 0.237 e. The first-order valence-electron chi connectivity index (χ1n) is 9.02. The summed E-state index contributed by atoms with van der Waals surface area (Å²) in [6.07, 6.45) is 0.782. The second-order valence-corrected chi connectivity index (χ2v) is 8.13. The van der Waals surface area contributed by atoms with Gasteiger partial charge in [0.15, 0.2) is 0 Å². The van der Waals surface area contributed by atoms with Crippen molar-refractivity contribution in [3.8, 4) is 5.75 Å². The number of benzene rings is 1. The summed E-state index contributed by atoms with van der Waals surface area (Å²) in [5.41, 5.74) is 0.662. The summed E-state index contributed by atoms with van der Waals surface area (Å²) in [7, 11) is 0. The molecule has 2 N–H and O–H groups in total. The van der Waals surface area contributed by atoms with E-state index < -0.39 is 0 Å². The Morgan fingerprint density at radius 2 is 2.15 bits per heavy atom. The Hall–Kier alpha value is -1.05. The molecule has 3 aliphatic rings. The molecule has 3 atom stereocenters. The van der Waals surface area contributed by atoms with Gasteiger partial charge in [0.2, 0.25) is 5.91 Å². The van der Waals surface area contributed by atoms with Gasteiger partial charge in [0.25, 0.3) is 0 Å². The van der Waals surface area contributed by atoms with Crippen LogP contribution in [0.3, 0.4) is 0 Å². The molecule has 0 unspecified atom stereocenters. The molecule has 4 rings (SSSR count). The predicted octanol–water partition coefficient (Wildman–Crippen LogP) is 1.69. The Bertz CT molecular complexity index is 697. The Morgan fingerprint density at radius 1 is 1.31 bits per heavy atom. The molecule has 3 aliphatic heterocycles. The van der Waals surface area contributed by atoms with Gasteiger partial charge in [0, 0.05) is 49.7 Å². The van der Waals surface area contributed by atoms with E-state index in [1.165, 1.54) is 0 Å². The van der Waals surface area contributed by atoms with E-state index in [4.69, 9.17) is 27.9 Å². The fourth-order valence-corrected chi connectivity index (χ4v) is 4.86. The van der Waals surface area contributed by atoms with Gasteiger partial charge in [-0.3, -0.25) is 9.69 Å². The van der Waals surface area contributed by atoms with Gasteiger partial charge < -0.3 is 20.1 Å². The van der Waals surface area contributed by atoms with E-state index in [1.54, 1.807) is 12.1 Å². The molecule has 1 aromatic rings. The summed E-state index contributed by atoms with van der Waals surface area (Å²) < 4.78 is 5.51. The molecule has 0 aromatic heterocycles. The molecule has 1 aromatic carbocycles. The lowest BCUT2D eigenvalue weighted by atomic mass is 9.95. The molecule has 0 radical (unpaired) electrons. The van der Waals surface area contributed by atoms with Crippen LogP contribution in [0.5, 0.6) is 5.75 Å². The normalized spacial score (nSPS) is 29.8. The van der Waals surface area contributed by atoms with Crippen LogP contribution < -0.4 is 5.32 Å². The second kappa shape index (κ2) is 7.52. The van der Waals surface area contributed by atoms with Crippen LogP contribution in [0.2, 0.25) is 10.0 Å². The molecule has 0 saturated carbocycles. The average molecular weight is 400 g/mol. The van der Waals surface area contributed by atoms with E-state index in [-0.39, 0.29) is 29.7 Å². The summed E-state index contributed by atoms with van der Waals surface area (Å²) in [4.78, 5) is 16.8. The van der Waals surface area contributed by atoms with Crippen molar-refractivity contribution >= 4 is 29.1 Å². The standard InChI is InChI=1S/C18H23Cl2N3O3/c19-14-1-2-15(24)17(18(14)20)11-5-13-8-22(9-16(25)23(13)6-11)7-12-10-26-4-3-21-12/h1-2,11-13,21,24H,3-10H2/t11-,12+,13-/m0/s1. The smallest absolute Gasteiger partial charge is 0.237 e. The van der Waals surface area contributed by atoms with Gasteiger partial charge in [0.05, 0.1) is 29.8 Å². The summed E-state index contributed by atoms with van der Waals surface area (Å²) in [5.74, 6) is 0.293. The molecule has 1 amide bonds. The highest BCUT2D eigenvalue weighted by atomic mass is 35.5. The molecule has 142 valence electrons. The topological polar surface area (TPSA) is 65.0 Å².